The fraction of sp³-hybridized carbons (Fsp3) is 0.923. The van der Waals surface area contributed by atoms with Gasteiger partial charge in [0.1, 0.15) is 6.54 Å². The van der Waals surface area contributed by atoms with E-state index in [9.17, 15) is 18.0 Å². The Balaban J connectivity index is 2.27. The Bertz CT molecular complexity index is 286. The first-order valence-corrected chi connectivity index (χ1v) is 6.92. The normalized spacial score (nSPS) is 25.9. The van der Waals surface area contributed by atoms with E-state index in [4.69, 9.17) is 0 Å². The van der Waals surface area contributed by atoms with Gasteiger partial charge in [0.25, 0.3) is 0 Å². The molecule has 1 aliphatic carbocycles. The minimum absolute atomic E-state index is 0.245. The number of halogens is 3. The fourth-order valence-electron chi connectivity index (χ4n) is 2.51. The Morgan fingerprint density at radius 3 is 2.32 bits per heavy atom. The van der Waals surface area contributed by atoms with Gasteiger partial charge in [0.15, 0.2) is 0 Å². The quantitative estimate of drug-likeness (QED) is 0.813. The number of nitrogens with one attached hydrogen (secondary N) is 2. The van der Waals surface area contributed by atoms with Crippen LogP contribution in [0.2, 0.25) is 0 Å². The average molecular weight is 280 g/mol. The van der Waals surface area contributed by atoms with Gasteiger partial charge >= 0.3 is 6.18 Å². The summed E-state index contributed by atoms with van der Waals surface area (Å²) in [5, 5.41) is 5.03. The second-order valence-electron chi connectivity index (χ2n) is 5.35. The third-order valence-corrected chi connectivity index (χ3v) is 3.77. The monoisotopic (exact) mass is 280 g/mol. The van der Waals surface area contributed by atoms with Crippen molar-refractivity contribution in [3.63, 3.8) is 0 Å². The number of rotatable bonds is 5. The van der Waals surface area contributed by atoms with Crippen LogP contribution in [0, 0.1) is 5.92 Å². The number of carbonyl (C=O) groups is 1. The van der Waals surface area contributed by atoms with Gasteiger partial charge in [-0.1, -0.05) is 13.3 Å². The molecule has 0 heterocycles. The Morgan fingerprint density at radius 1 is 1.26 bits per heavy atom. The molecule has 0 aromatic carbocycles. The molecule has 0 spiro atoms. The summed E-state index contributed by atoms with van der Waals surface area (Å²) >= 11 is 0. The van der Waals surface area contributed by atoms with Crippen LogP contribution in [0.1, 0.15) is 46.0 Å². The number of hydrogen-bond acceptors (Lipinski definition) is 2. The van der Waals surface area contributed by atoms with Crippen LogP contribution in [-0.4, -0.2) is 30.7 Å². The summed E-state index contributed by atoms with van der Waals surface area (Å²) in [5.41, 5.74) is 0. The van der Waals surface area contributed by atoms with Gasteiger partial charge in [0, 0.05) is 6.04 Å². The highest BCUT2D eigenvalue weighted by atomic mass is 19.4. The van der Waals surface area contributed by atoms with E-state index in [1.165, 1.54) is 6.42 Å². The van der Waals surface area contributed by atoms with Gasteiger partial charge in [-0.25, -0.2) is 0 Å². The first-order valence-electron chi connectivity index (χ1n) is 6.92. The minimum Gasteiger partial charge on any atom is -0.346 e. The Hall–Kier alpha value is -0.780. The average Bonchev–Trinajstić information content (AvgIpc) is 2.36. The van der Waals surface area contributed by atoms with Gasteiger partial charge < -0.3 is 10.6 Å². The van der Waals surface area contributed by atoms with E-state index in [1.54, 1.807) is 6.92 Å². The summed E-state index contributed by atoms with van der Waals surface area (Å²) in [6, 6.07) is -0.333. The molecule has 0 saturated heterocycles. The van der Waals surface area contributed by atoms with Gasteiger partial charge in [0.05, 0.1) is 6.04 Å². The van der Waals surface area contributed by atoms with E-state index in [2.05, 4.69) is 12.2 Å². The summed E-state index contributed by atoms with van der Waals surface area (Å²) < 4.78 is 36.0. The lowest BCUT2D eigenvalue weighted by Gasteiger charge is -2.30. The molecule has 1 aliphatic rings. The van der Waals surface area contributed by atoms with Crippen molar-refractivity contribution in [2.75, 3.05) is 6.54 Å². The molecule has 6 heteroatoms. The fourth-order valence-corrected chi connectivity index (χ4v) is 2.51. The molecule has 2 N–H and O–H groups in total. The highest BCUT2D eigenvalue weighted by Gasteiger charge is 2.29. The largest absolute Gasteiger partial charge is 0.405 e. The van der Waals surface area contributed by atoms with E-state index in [1.807, 2.05) is 5.32 Å². The molecule has 0 bridgehead atoms. The molecule has 3 nitrogen and oxygen atoms in total. The second kappa shape index (κ2) is 7.12. The Labute approximate surface area is 112 Å². The molecule has 19 heavy (non-hydrogen) atoms. The molecular weight excluding hydrogens is 257 g/mol. The van der Waals surface area contributed by atoms with Gasteiger partial charge in [-0.3, -0.25) is 4.79 Å². The maximum atomic E-state index is 12.0. The molecule has 112 valence electrons. The summed E-state index contributed by atoms with van der Waals surface area (Å²) in [6.45, 7) is 2.52. The van der Waals surface area contributed by atoms with Crippen molar-refractivity contribution in [1.29, 1.82) is 0 Å². The first kappa shape index (κ1) is 16.3. The molecule has 1 saturated carbocycles. The summed E-state index contributed by atoms with van der Waals surface area (Å²) in [7, 11) is 0. The zero-order valence-corrected chi connectivity index (χ0v) is 11.5. The molecule has 0 aromatic heterocycles. The molecule has 1 atom stereocenters. The molecule has 1 rings (SSSR count). The van der Waals surface area contributed by atoms with Gasteiger partial charge in [-0.2, -0.15) is 13.2 Å². The maximum absolute atomic E-state index is 12.0. The highest BCUT2D eigenvalue weighted by Crippen LogP contribution is 2.26. The zero-order valence-electron chi connectivity index (χ0n) is 11.5. The second-order valence-corrected chi connectivity index (χ2v) is 5.35. The predicted octanol–water partition coefficient (Wildman–Crippen LogP) is 2.61. The van der Waals surface area contributed by atoms with Crippen LogP contribution in [0.15, 0.2) is 0 Å². The summed E-state index contributed by atoms with van der Waals surface area (Å²) in [5.74, 6) is 0.169. The molecule has 1 amide bonds. The van der Waals surface area contributed by atoms with Crippen LogP contribution in [0.5, 0.6) is 0 Å². The van der Waals surface area contributed by atoms with Crippen LogP contribution in [0.25, 0.3) is 0 Å². The molecule has 1 unspecified atom stereocenters. The molecule has 1 fully saturated rings. The number of carbonyl (C=O) groups excluding carboxylic acids is 1. The lowest BCUT2D eigenvalue weighted by atomic mass is 9.84. The van der Waals surface area contributed by atoms with E-state index in [0.29, 0.717) is 0 Å². The van der Waals surface area contributed by atoms with Crippen LogP contribution in [0.4, 0.5) is 13.2 Å². The first-order chi connectivity index (χ1) is 8.81. The smallest absolute Gasteiger partial charge is 0.346 e. The third-order valence-electron chi connectivity index (χ3n) is 3.77. The molecule has 0 radical (unpaired) electrons. The highest BCUT2D eigenvalue weighted by molar-refractivity contribution is 5.81. The zero-order chi connectivity index (χ0) is 14.5. The van der Waals surface area contributed by atoms with E-state index < -0.39 is 24.7 Å². The van der Waals surface area contributed by atoms with Crippen molar-refractivity contribution in [2.45, 2.75) is 64.2 Å². The molecular formula is C13H23F3N2O. The van der Waals surface area contributed by atoms with Crippen molar-refractivity contribution in [2.24, 2.45) is 5.92 Å². The van der Waals surface area contributed by atoms with Crippen molar-refractivity contribution in [3.05, 3.63) is 0 Å². The van der Waals surface area contributed by atoms with E-state index >= 15 is 0 Å². The van der Waals surface area contributed by atoms with Crippen molar-refractivity contribution < 1.29 is 18.0 Å². The maximum Gasteiger partial charge on any atom is 0.405 e. The van der Waals surface area contributed by atoms with E-state index in [0.717, 1.165) is 31.6 Å². The van der Waals surface area contributed by atoms with Gasteiger partial charge in [-0.05, 0) is 38.5 Å². The Kier molecular flexibility index (Phi) is 6.10. The number of hydrogen-bond donors (Lipinski definition) is 2. The predicted molar refractivity (Wildman–Crippen MR) is 67.7 cm³/mol. The molecule has 0 aliphatic heterocycles. The van der Waals surface area contributed by atoms with Crippen molar-refractivity contribution in [1.82, 2.24) is 10.6 Å². The van der Waals surface area contributed by atoms with Crippen LogP contribution < -0.4 is 10.6 Å². The third kappa shape index (κ3) is 6.27. The number of amides is 1. The van der Waals surface area contributed by atoms with Gasteiger partial charge in [0.2, 0.25) is 5.91 Å². The lowest BCUT2D eigenvalue weighted by molar-refractivity contribution is -0.139. The summed E-state index contributed by atoms with van der Waals surface area (Å²) in [4.78, 5) is 11.5. The SMILES string of the molecule is CCC1CCC(NC(C)C(=O)NCC(F)(F)F)CC1. The van der Waals surface area contributed by atoms with Gasteiger partial charge in [-0.15, -0.1) is 0 Å². The number of alkyl halides is 3. The van der Waals surface area contributed by atoms with E-state index in [-0.39, 0.29) is 6.04 Å². The standard InChI is InChI=1S/C13H23F3N2O/c1-3-10-4-6-11(7-5-10)18-9(2)12(19)17-8-13(14,15)16/h9-11,18H,3-8H2,1-2H3,(H,17,19). The van der Waals surface area contributed by atoms with Crippen molar-refractivity contribution in [3.8, 4) is 0 Å². The minimum atomic E-state index is -4.35. The topological polar surface area (TPSA) is 41.1 Å². The van der Waals surface area contributed by atoms with Crippen LogP contribution in [-0.2, 0) is 4.79 Å². The van der Waals surface area contributed by atoms with Crippen molar-refractivity contribution >= 4 is 5.91 Å². The Morgan fingerprint density at radius 2 is 1.84 bits per heavy atom. The molecule has 0 aromatic rings. The van der Waals surface area contributed by atoms with Crippen LogP contribution in [0.3, 0.4) is 0 Å². The van der Waals surface area contributed by atoms with Crippen LogP contribution >= 0.6 is 0 Å². The summed E-state index contributed by atoms with van der Waals surface area (Å²) in [6.07, 6.45) is 1.07. The lowest BCUT2D eigenvalue weighted by Crippen LogP contribution is -2.49.